The highest BCUT2D eigenvalue weighted by atomic mass is 32.1. The Labute approximate surface area is 190 Å². The number of rotatable bonds is 5. The van der Waals surface area contributed by atoms with E-state index in [0.29, 0.717) is 20.6 Å². The van der Waals surface area contributed by atoms with Gasteiger partial charge in [-0.1, -0.05) is 35.6 Å². The summed E-state index contributed by atoms with van der Waals surface area (Å²) in [6, 6.07) is 15.0. The highest BCUT2D eigenvalue weighted by molar-refractivity contribution is 7.07. The Kier molecular flexibility index (Phi) is 5.84. The minimum absolute atomic E-state index is 0.0858. The van der Waals surface area contributed by atoms with Crippen LogP contribution in [0.4, 0.5) is 5.69 Å². The molecule has 6 nitrogen and oxygen atoms in total. The highest BCUT2D eigenvalue weighted by Crippen LogP contribution is 2.31. The van der Waals surface area contributed by atoms with Gasteiger partial charge < -0.3 is 9.64 Å². The van der Waals surface area contributed by atoms with Gasteiger partial charge in [-0.05, 0) is 55.3 Å². The molecule has 2 aromatic carbocycles. The van der Waals surface area contributed by atoms with E-state index in [2.05, 4.69) is 4.99 Å². The molecule has 1 aliphatic rings. The summed E-state index contributed by atoms with van der Waals surface area (Å²) in [6.45, 7) is 3.36. The second-order valence-electron chi connectivity index (χ2n) is 7.90. The van der Waals surface area contributed by atoms with E-state index in [1.807, 2.05) is 80.5 Å². The summed E-state index contributed by atoms with van der Waals surface area (Å²) in [5.41, 5.74) is 3.86. The number of carbonyl (C=O) groups is 1. The van der Waals surface area contributed by atoms with Gasteiger partial charge in [0.2, 0.25) is 0 Å². The van der Waals surface area contributed by atoms with Crippen LogP contribution < -0.4 is 24.5 Å². The number of nitrogens with zero attached hydrogens (tertiary/aromatic N) is 3. The molecule has 0 N–H and O–H groups in total. The van der Waals surface area contributed by atoms with Crippen molar-refractivity contribution in [1.29, 1.82) is 0 Å². The summed E-state index contributed by atoms with van der Waals surface area (Å²) in [5, 5.41) is 0. The molecule has 1 atom stereocenters. The molecule has 0 saturated carbocycles. The fraction of sp³-hybridized carbons (Fsp3) is 0.240. The Morgan fingerprint density at radius 1 is 1.12 bits per heavy atom. The van der Waals surface area contributed by atoms with Gasteiger partial charge in [0.1, 0.15) is 5.75 Å². The molecule has 0 spiro atoms. The predicted octanol–water partition coefficient (Wildman–Crippen LogP) is 2.90. The summed E-state index contributed by atoms with van der Waals surface area (Å²) < 4.78 is 7.43. The summed E-state index contributed by atoms with van der Waals surface area (Å²) >= 11 is 1.33. The summed E-state index contributed by atoms with van der Waals surface area (Å²) in [5.74, 6) is 0.670. The molecule has 0 amide bonds. The average Bonchev–Trinajstić information content (AvgIpc) is 3.07. The number of ether oxygens (including phenoxy) is 1. The maximum Gasteiger partial charge on any atom is 0.271 e. The van der Waals surface area contributed by atoms with Crippen molar-refractivity contribution in [2.24, 2.45) is 4.99 Å². The summed E-state index contributed by atoms with van der Waals surface area (Å²) in [6.07, 6.45) is 1.85. The van der Waals surface area contributed by atoms with E-state index >= 15 is 0 Å². The van der Waals surface area contributed by atoms with Crippen molar-refractivity contribution in [3.8, 4) is 5.75 Å². The molecule has 1 aromatic heterocycles. The van der Waals surface area contributed by atoms with Crippen molar-refractivity contribution in [3.05, 3.63) is 90.6 Å². The van der Waals surface area contributed by atoms with Crippen LogP contribution in [0.15, 0.2) is 69.6 Å². The molecule has 0 radical (unpaired) electrons. The Hall–Kier alpha value is -3.45. The minimum Gasteiger partial charge on any atom is -0.497 e. The fourth-order valence-electron chi connectivity index (χ4n) is 3.89. The second-order valence-corrected chi connectivity index (χ2v) is 8.91. The molecule has 0 fully saturated rings. The van der Waals surface area contributed by atoms with Crippen LogP contribution in [0.5, 0.6) is 5.75 Å². The Morgan fingerprint density at radius 3 is 2.34 bits per heavy atom. The Bertz CT molecular complexity index is 1380. The number of methoxy groups -OCH3 is 1. The lowest BCUT2D eigenvalue weighted by molar-refractivity contribution is -0.114. The van der Waals surface area contributed by atoms with Gasteiger partial charge in [-0.15, -0.1) is 0 Å². The highest BCUT2D eigenvalue weighted by Gasteiger charge is 2.30. The van der Waals surface area contributed by atoms with Gasteiger partial charge in [0.15, 0.2) is 10.6 Å². The first kappa shape index (κ1) is 21.8. The number of anilines is 1. The Morgan fingerprint density at radius 2 is 1.78 bits per heavy atom. The number of benzene rings is 2. The van der Waals surface area contributed by atoms with Crippen LogP contribution in [0.3, 0.4) is 0 Å². The van der Waals surface area contributed by atoms with E-state index in [-0.39, 0.29) is 11.3 Å². The van der Waals surface area contributed by atoms with E-state index in [4.69, 9.17) is 4.74 Å². The average molecular weight is 448 g/mol. The lowest BCUT2D eigenvalue weighted by atomic mass is 9.93. The molecule has 0 unspecified atom stereocenters. The molecule has 1 aliphatic heterocycles. The number of ketones is 1. The lowest BCUT2D eigenvalue weighted by Gasteiger charge is -2.25. The number of Topliss-reactive ketones (excluding diaryl/α,β-unsaturated/α-hetero) is 1. The zero-order chi connectivity index (χ0) is 23.0. The number of hydrogen-bond acceptors (Lipinski definition) is 6. The van der Waals surface area contributed by atoms with Crippen LogP contribution in [0.1, 0.15) is 31.0 Å². The van der Waals surface area contributed by atoms with Gasteiger partial charge in [-0.2, -0.15) is 0 Å². The molecule has 0 aliphatic carbocycles. The molecule has 3 aromatic rings. The van der Waals surface area contributed by atoms with Crippen molar-refractivity contribution in [1.82, 2.24) is 4.57 Å². The molecule has 32 heavy (non-hydrogen) atoms. The molecular weight excluding hydrogens is 422 g/mol. The topological polar surface area (TPSA) is 63.9 Å². The third-order valence-corrected chi connectivity index (χ3v) is 6.52. The van der Waals surface area contributed by atoms with Crippen molar-refractivity contribution < 1.29 is 9.53 Å². The number of hydrogen-bond donors (Lipinski definition) is 0. The van der Waals surface area contributed by atoms with Gasteiger partial charge in [0.05, 0.1) is 17.7 Å². The fourth-order valence-corrected chi connectivity index (χ4v) is 4.94. The number of carbonyl (C=O) groups excluding carboxylic acids is 1. The first-order valence-corrected chi connectivity index (χ1v) is 11.1. The Balaban J connectivity index is 1.90. The quantitative estimate of drug-likeness (QED) is 0.603. The number of fused-ring (bicyclic) bond motifs is 1. The minimum atomic E-state index is -0.502. The smallest absolute Gasteiger partial charge is 0.271 e. The molecule has 0 saturated heterocycles. The van der Waals surface area contributed by atoms with Crippen molar-refractivity contribution in [3.63, 3.8) is 0 Å². The second kappa shape index (κ2) is 8.59. The van der Waals surface area contributed by atoms with Gasteiger partial charge >= 0.3 is 0 Å². The predicted molar refractivity (Wildman–Crippen MR) is 128 cm³/mol. The molecule has 7 heteroatoms. The largest absolute Gasteiger partial charge is 0.497 e. The van der Waals surface area contributed by atoms with E-state index < -0.39 is 6.04 Å². The van der Waals surface area contributed by atoms with Gasteiger partial charge in [-0.25, -0.2) is 4.99 Å². The van der Waals surface area contributed by atoms with Crippen LogP contribution in [-0.2, 0) is 4.79 Å². The number of allylic oxidation sites excluding steroid dienone is 2. The maximum absolute atomic E-state index is 13.5. The molecular formula is C25H25N3O3S. The maximum atomic E-state index is 13.5. The first-order chi connectivity index (χ1) is 15.3. The van der Waals surface area contributed by atoms with Crippen molar-refractivity contribution >= 4 is 28.9 Å². The van der Waals surface area contributed by atoms with Crippen LogP contribution in [-0.4, -0.2) is 31.6 Å². The van der Waals surface area contributed by atoms with Crippen LogP contribution >= 0.6 is 11.3 Å². The summed E-state index contributed by atoms with van der Waals surface area (Å²) in [7, 11) is 5.57. The van der Waals surface area contributed by atoms with Crippen LogP contribution in [0.2, 0.25) is 0 Å². The third kappa shape index (κ3) is 3.91. The standard InChI is InChI=1S/C25H25N3O3S/c1-15-22(16(2)29)23(18-8-10-19(11-9-18)27(3)4)28-24(30)21(32-25(28)26-15)14-17-6-12-20(31-5)13-7-17/h6-14,23H,1-5H3/t23-/m1/s1. The number of aromatic nitrogens is 1. The zero-order valence-corrected chi connectivity index (χ0v) is 19.6. The lowest BCUT2D eigenvalue weighted by Crippen LogP contribution is -2.39. The van der Waals surface area contributed by atoms with E-state index in [0.717, 1.165) is 22.6 Å². The number of thiazole rings is 1. The van der Waals surface area contributed by atoms with Crippen molar-refractivity contribution in [2.45, 2.75) is 19.9 Å². The van der Waals surface area contributed by atoms with E-state index in [1.54, 1.807) is 11.7 Å². The first-order valence-electron chi connectivity index (χ1n) is 10.2. The monoisotopic (exact) mass is 447 g/mol. The van der Waals surface area contributed by atoms with Crippen LogP contribution in [0.25, 0.3) is 6.08 Å². The van der Waals surface area contributed by atoms with E-state index in [9.17, 15) is 9.59 Å². The van der Waals surface area contributed by atoms with E-state index in [1.165, 1.54) is 18.3 Å². The SMILES string of the molecule is COc1ccc(C=c2sc3n(c2=O)[C@H](c2ccc(N(C)C)cc2)C(C(C)=O)=C(C)N=3)cc1. The van der Waals surface area contributed by atoms with Gasteiger partial charge in [0, 0.05) is 31.1 Å². The van der Waals surface area contributed by atoms with Crippen LogP contribution in [0, 0.1) is 0 Å². The van der Waals surface area contributed by atoms with Gasteiger partial charge in [0.25, 0.3) is 5.56 Å². The summed E-state index contributed by atoms with van der Waals surface area (Å²) in [4.78, 5) is 33.3. The molecule has 0 bridgehead atoms. The molecule has 164 valence electrons. The molecule has 2 heterocycles. The van der Waals surface area contributed by atoms with Crippen molar-refractivity contribution in [2.75, 3.05) is 26.1 Å². The third-order valence-electron chi connectivity index (χ3n) is 5.54. The normalized spacial score (nSPS) is 15.9. The molecule has 4 rings (SSSR count). The zero-order valence-electron chi connectivity index (χ0n) is 18.7. The van der Waals surface area contributed by atoms with Gasteiger partial charge in [-0.3, -0.25) is 14.2 Å².